The second-order valence-corrected chi connectivity index (χ2v) is 6.30. The van der Waals surface area contributed by atoms with Crippen molar-refractivity contribution < 1.29 is 9.69 Å². The van der Waals surface area contributed by atoms with Gasteiger partial charge in [-0.1, -0.05) is 23.7 Å². The minimum absolute atomic E-state index is 0.0735. The number of anilines is 1. The van der Waals surface area contributed by atoms with E-state index in [9.17, 15) is 4.79 Å². The highest BCUT2D eigenvalue weighted by Crippen LogP contribution is 2.09. The van der Waals surface area contributed by atoms with Gasteiger partial charge in [0.2, 0.25) is 5.95 Å². The highest BCUT2D eigenvalue weighted by molar-refractivity contribution is 6.30. The summed E-state index contributed by atoms with van der Waals surface area (Å²) in [5, 5.41) is 3.67. The van der Waals surface area contributed by atoms with Crippen LogP contribution in [0.1, 0.15) is 5.56 Å². The molecule has 6 nitrogen and oxygen atoms in total. The minimum atomic E-state index is 0.0735. The number of piperazine rings is 1. The van der Waals surface area contributed by atoms with Crippen molar-refractivity contribution in [3.05, 3.63) is 53.3 Å². The second kappa shape index (κ2) is 8.08. The van der Waals surface area contributed by atoms with Gasteiger partial charge in [0.25, 0.3) is 5.91 Å². The number of nitrogens with zero attached hydrogens (tertiary/aromatic N) is 3. The molecule has 0 atom stereocenters. The van der Waals surface area contributed by atoms with Gasteiger partial charge in [0.05, 0.1) is 26.2 Å². The summed E-state index contributed by atoms with van der Waals surface area (Å²) in [4.78, 5) is 24.1. The first-order valence-electron chi connectivity index (χ1n) is 8.07. The van der Waals surface area contributed by atoms with Crippen LogP contribution in [0, 0.1) is 0 Å². The van der Waals surface area contributed by atoms with Crippen LogP contribution >= 0.6 is 11.6 Å². The van der Waals surface area contributed by atoms with Crippen molar-refractivity contribution >= 4 is 23.5 Å². The average Bonchev–Trinajstić information content (AvgIpc) is 2.63. The largest absolute Gasteiger partial charge is 0.347 e. The van der Waals surface area contributed by atoms with Gasteiger partial charge in [-0.05, 0) is 23.8 Å². The summed E-state index contributed by atoms with van der Waals surface area (Å²) in [5.74, 6) is 0.841. The van der Waals surface area contributed by atoms with E-state index in [4.69, 9.17) is 11.6 Å². The van der Waals surface area contributed by atoms with Crippen LogP contribution in [-0.4, -0.2) is 48.6 Å². The zero-order valence-electron chi connectivity index (χ0n) is 13.4. The molecule has 1 amide bonds. The number of carbonyl (C=O) groups excluding carboxylic acids is 1. The molecule has 7 heteroatoms. The lowest BCUT2D eigenvalue weighted by Crippen LogP contribution is -3.16. The lowest BCUT2D eigenvalue weighted by atomic mass is 10.2. The molecule has 126 valence electrons. The molecule has 0 saturated carbocycles. The summed E-state index contributed by atoms with van der Waals surface area (Å²) in [5.41, 5.74) is 1.05. The van der Waals surface area contributed by atoms with Crippen molar-refractivity contribution in [2.24, 2.45) is 0 Å². The van der Waals surface area contributed by atoms with Crippen LogP contribution in [0.4, 0.5) is 5.95 Å². The maximum Gasteiger partial charge on any atom is 0.275 e. The Bertz CT molecular complexity index is 656. The van der Waals surface area contributed by atoms with E-state index in [1.54, 1.807) is 12.4 Å². The standard InChI is InChI=1S/C17H20ClN5O/c18-15-4-2-14(3-5-15)12-21-16(24)13-22-8-10-23(11-9-22)17-19-6-1-7-20-17/h1-7H,8-13H2,(H,21,24)/p+1. The van der Waals surface area contributed by atoms with Crippen LogP contribution in [0.3, 0.4) is 0 Å². The Balaban J connectivity index is 1.41. The Morgan fingerprint density at radius 3 is 2.50 bits per heavy atom. The molecular weight excluding hydrogens is 326 g/mol. The topological polar surface area (TPSA) is 62.6 Å². The first-order chi connectivity index (χ1) is 11.7. The normalized spacial score (nSPS) is 15.3. The van der Waals surface area contributed by atoms with Gasteiger partial charge in [-0.2, -0.15) is 0 Å². The first kappa shape index (κ1) is 16.7. The lowest BCUT2D eigenvalue weighted by molar-refractivity contribution is -0.892. The van der Waals surface area contributed by atoms with Gasteiger partial charge >= 0.3 is 0 Å². The van der Waals surface area contributed by atoms with E-state index in [-0.39, 0.29) is 5.91 Å². The molecule has 24 heavy (non-hydrogen) atoms. The van der Waals surface area contributed by atoms with Gasteiger partial charge in [0.1, 0.15) is 0 Å². The molecule has 0 bridgehead atoms. The third kappa shape index (κ3) is 4.66. The van der Waals surface area contributed by atoms with Gasteiger partial charge < -0.3 is 15.1 Å². The van der Waals surface area contributed by atoms with E-state index in [0.29, 0.717) is 18.1 Å². The molecule has 0 unspecified atom stereocenters. The molecule has 1 aliphatic rings. The van der Waals surface area contributed by atoms with Crippen LogP contribution in [0.2, 0.25) is 5.02 Å². The Morgan fingerprint density at radius 2 is 1.83 bits per heavy atom. The van der Waals surface area contributed by atoms with Crippen LogP contribution in [0.25, 0.3) is 0 Å². The molecule has 1 saturated heterocycles. The number of amides is 1. The van der Waals surface area contributed by atoms with E-state index in [2.05, 4.69) is 20.2 Å². The lowest BCUT2D eigenvalue weighted by Gasteiger charge is -2.31. The Hall–Kier alpha value is -2.18. The van der Waals surface area contributed by atoms with Crippen molar-refractivity contribution in [3.8, 4) is 0 Å². The van der Waals surface area contributed by atoms with Crippen LogP contribution in [0.5, 0.6) is 0 Å². The van der Waals surface area contributed by atoms with Crippen molar-refractivity contribution in [3.63, 3.8) is 0 Å². The molecule has 2 aromatic rings. The maximum atomic E-state index is 12.1. The van der Waals surface area contributed by atoms with Crippen molar-refractivity contribution in [2.45, 2.75) is 6.54 Å². The van der Waals surface area contributed by atoms with Gasteiger partial charge in [-0.15, -0.1) is 0 Å². The molecule has 1 aliphatic heterocycles. The third-order valence-electron chi connectivity index (χ3n) is 4.12. The number of hydrogen-bond donors (Lipinski definition) is 2. The zero-order valence-corrected chi connectivity index (χ0v) is 14.2. The van der Waals surface area contributed by atoms with Crippen LogP contribution in [0.15, 0.2) is 42.7 Å². The molecule has 1 aromatic heterocycles. The molecule has 3 rings (SSSR count). The Kier molecular flexibility index (Phi) is 5.61. The van der Waals surface area contributed by atoms with E-state index >= 15 is 0 Å². The van der Waals surface area contributed by atoms with Gasteiger partial charge in [-0.25, -0.2) is 9.97 Å². The number of nitrogens with one attached hydrogen (secondary N) is 2. The van der Waals surface area contributed by atoms with Crippen molar-refractivity contribution in [1.82, 2.24) is 15.3 Å². The Morgan fingerprint density at radius 1 is 1.17 bits per heavy atom. The number of benzene rings is 1. The number of rotatable bonds is 5. The summed E-state index contributed by atoms with van der Waals surface area (Å²) >= 11 is 5.86. The smallest absolute Gasteiger partial charge is 0.275 e. The number of halogens is 1. The van der Waals surface area contributed by atoms with Gasteiger partial charge in [-0.3, -0.25) is 4.79 Å². The molecule has 2 heterocycles. The minimum Gasteiger partial charge on any atom is -0.347 e. The molecule has 0 aliphatic carbocycles. The first-order valence-corrected chi connectivity index (χ1v) is 8.45. The third-order valence-corrected chi connectivity index (χ3v) is 4.37. The molecule has 1 fully saturated rings. The zero-order chi connectivity index (χ0) is 16.8. The summed E-state index contributed by atoms with van der Waals surface area (Å²) in [6.45, 7) is 4.58. The molecule has 1 aromatic carbocycles. The number of hydrogen-bond acceptors (Lipinski definition) is 4. The van der Waals surface area contributed by atoms with E-state index in [1.165, 1.54) is 4.90 Å². The number of carbonyl (C=O) groups is 1. The van der Waals surface area contributed by atoms with E-state index < -0.39 is 0 Å². The number of quaternary nitrogens is 1. The fourth-order valence-electron chi connectivity index (χ4n) is 2.75. The van der Waals surface area contributed by atoms with Crippen LogP contribution in [-0.2, 0) is 11.3 Å². The molecule has 0 spiro atoms. The Labute approximate surface area is 146 Å². The average molecular weight is 347 g/mol. The van der Waals surface area contributed by atoms with E-state index in [1.807, 2.05) is 30.3 Å². The maximum absolute atomic E-state index is 12.1. The summed E-state index contributed by atoms with van der Waals surface area (Å²) in [7, 11) is 0. The van der Waals surface area contributed by atoms with Crippen molar-refractivity contribution in [1.29, 1.82) is 0 Å². The molecule has 2 N–H and O–H groups in total. The molecule has 0 radical (unpaired) electrons. The fourth-order valence-corrected chi connectivity index (χ4v) is 2.87. The summed E-state index contributed by atoms with van der Waals surface area (Å²) in [6.07, 6.45) is 3.51. The van der Waals surface area contributed by atoms with Crippen LogP contribution < -0.4 is 15.1 Å². The van der Waals surface area contributed by atoms with Gasteiger partial charge in [0, 0.05) is 24.0 Å². The highest BCUT2D eigenvalue weighted by Gasteiger charge is 2.23. The quantitative estimate of drug-likeness (QED) is 0.809. The molecular formula is C17H21ClN5O+. The monoisotopic (exact) mass is 346 g/mol. The second-order valence-electron chi connectivity index (χ2n) is 5.87. The predicted octanol–water partition coefficient (Wildman–Crippen LogP) is 0.151. The van der Waals surface area contributed by atoms with E-state index in [0.717, 1.165) is 37.7 Å². The fraction of sp³-hybridized carbons (Fsp3) is 0.353. The summed E-state index contributed by atoms with van der Waals surface area (Å²) < 4.78 is 0. The van der Waals surface area contributed by atoms with Gasteiger partial charge in [0.15, 0.2) is 6.54 Å². The number of aromatic nitrogens is 2. The SMILES string of the molecule is O=C(C[NH+]1CCN(c2ncccn2)CC1)NCc1ccc(Cl)cc1. The summed E-state index contributed by atoms with van der Waals surface area (Å²) in [6, 6.07) is 9.33. The van der Waals surface area contributed by atoms with Crippen molar-refractivity contribution in [2.75, 3.05) is 37.6 Å². The highest BCUT2D eigenvalue weighted by atomic mass is 35.5. The predicted molar refractivity (Wildman–Crippen MR) is 93.1 cm³/mol.